The minimum atomic E-state index is -0.115. The Kier molecular flexibility index (Phi) is 6.81. The van der Waals surface area contributed by atoms with Crippen LogP contribution in [-0.2, 0) is 0 Å². The van der Waals surface area contributed by atoms with Crippen LogP contribution < -0.4 is 10.1 Å². The maximum absolute atomic E-state index is 12.3. The number of aromatic nitrogens is 2. The van der Waals surface area contributed by atoms with Crippen molar-refractivity contribution in [2.75, 3.05) is 32.1 Å². The van der Waals surface area contributed by atoms with Gasteiger partial charge in [0, 0.05) is 32.5 Å². The summed E-state index contributed by atoms with van der Waals surface area (Å²) in [7, 11) is 1.75. The summed E-state index contributed by atoms with van der Waals surface area (Å²) < 4.78 is 5.61. The van der Waals surface area contributed by atoms with Gasteiger partial charge in [-0.05, 0) is 25.5 Å². The van der Waals surface area contributed by atoms with Crippen LogP contribution in [-0.4, -0.2) is 47.5 Å². The standard InChI is InChI=1S/C17H21ClN4O2/c1-3-19-17-20-11-13(12-21-17)16(23)22(2)9-6-10-24-15-8-5-4-7-14(15)18/h4-5,7-8,11-12H,3,6,9-10H2,1-2H3,(H,19,20,21). The highest BCUT2D eigenvalue weighted by atomic mass is 35.5. The highest BCUT2D eigenvalue weighted by molar-refractivity contribution is 6.32. The Morgan fingerprint density at radius 2 is 2.00 bits per heavy atom. The molecule has 0 bridgehead atoms. The molecule has 0 spiro atoms. The lowest BCUT2D eigenvalue weighted by Gasteiger charge is -2.17. The molecule has 1 amide bonds. The minimum Gasteiger partial charge on any atom is -0.492 e. The highest BCUT2D eigenvalue weighted by Crippen LogP contribution is 2.23. The van der Waals surface area contributed by atoms with E-state index in [-0.39, 0.29) is 5.91 Å². The molecule has 1 N–H and O–H groups in total. The molecule has 0 unspecified atom stereocenters. The number of anilines is 1. The molecule has 128 valence electrons. The van der Waals surface area contributed by atoms with E-state index in [1.54, 1.807) is 18.0 Å². The van der Waals surface area contributed by atoms with E-state index in [0.717, 1.165) is 6.54 Å². The lowest BCUT2D eigenvalue weighted by molar-refractivity contribution is 0.0787. The van der Waals surface area contributed by atoms with Gasteiger partial charge in [-0.3, -0.25) is 4.79 Å². The molecule has 0 aliphatic rings. The zero-order valence-electron chi connectivity index (χ0n) is 13.8. The number of amides is 1. The van der Waals surface area contributed by atoms with Gasteiger partial charge in [-0.2, -0.15) is 0 Å². The lowest BCUT2D eigenvalue weighted by atomic mass is 10.3. The average Bonchev–Trinajstić information content (AvgIpc) is 2.60. The van der Waals surface area contributed by atoms with Crippen LogP contribution in [0.3, 0.4) is 0 Å². The first kappa shape index (κ1) is 18.0. The van der Waals surface area contributed by atoms with Gasteiger partial charge in [0.25, 0.3) is 5.91 Å². The summed E-state index contributed by atoms with van der Waals surface area (Å²) in [6.07, 6.45) is 3.76. The number of nitrogens with zero attached hydrogens (tertiary/aromatic N) is 3. The van der Waals surface area contributed by atoms with Crippen LogP contribution in [0.2, 0.25) is 5.02 Å². The van der Waals surface area contributed by atoms with Crippen LogP contribution in [0.5, 0.6) is 5.75 Å². The van der Waals surface area contributed by atoms with Crippen molar-refractivity contribution in [3.63, 3.8) is 0 Å². The fourth-order valence-corrected chi connectivity index (χ4v) is 2.25. The maximum atomic E-state index is 12.3. The minimum absolute atomic E-state index is 0.115. The number of benzene rings is 1. The number of nitrogens with one attached hydrogen (secondary N) is 1. The molecule has 0 radical (unpaired) electrons. The van der Waals surface area contributed by atoms with Crippen molar-refractivity contribution in [1.29, 1.82) is 0 Å². The molecule has 0 aliphatic carbocycles. The first-order valence-electron chi connectivity index (χ1n) is 7.80. The van der Waals surface area contributed by atoms with E-state index in [0.29, 0.717) is 41.9 Å². The third-order valence-electron chi connectivity index (χ3n) is 3.31. The van der Waals surface area contributed by atoms with Crippen LogP contribution in [0, 0.1) is 0 Å². The molecule has 1 aromatic carbocycles. The zero-order valence-corrected chi connectivity index (χ0v) is 14.6. The van der Waals surface area contributed by atoms with Crippen molar-refractivity contribution >= 4 is 23.5 Å². The Hall–Kier alpha value is -2.34. The second-order valence-electron chi connectivity index (χ2n) is 5.18. The van der Waals surface area contributed by atoms with Gasteiger partial charge in [0.1, 0.15) is 5.75 Å². The summed E-state index contributed by atoms with van der Waals surface area (Å²) in [4.78, 5) is 22.1. The van der Waals surface area contributed by atoms with Crippen molar-refractivity contribution in [2.24, 2.45) is 0 Å². The topological polar surface area (TPSA) is 67.4 Å². The summed E-state index contributed by atoms with van der Waals surface area (Å²) in [6, 6.07) is 7.32. The number of para-hydroxylation sites is 1. The van der Waals surface area contributed by atoms with Crippen LogP contribution in [0.25, 0.3) is 0 Å². The van der Waals surface area contributed by atoms with Crippen molar-refractivity contribution in [2.45, 2.75) is 13.3 Å². The zero-order chi connectivity index (χ0) is 17.4. The molecule has 0 fully saturated rings. The fraction of sp³-hybridized carbons (Fsp3) is 0.353. The first-order valence-corrected chi connectivity index (χ1v) is 8.18. The molecule has 1 heterocycles. The normalized spacial score (nSPS) is 10.3. The van der Waals surface area contributed by atoms with E-state index in [1.165, 1.54) is 12.4 Å². The number of hydrogen-bond donors (Lipinski definition) is 1. The Bertz CT molecular complexity index is 664. The molecular formula is C17H21ClN4O2. The van der Waals surface area contributed by atoms with Gasteiger partial charge in [-0.25, -0.2) is 9.97 Å². The van der Waals surface area contributed by atoms with Crippen LogP contribution in [0.4, 0.5) is 5.95 Å². The van der Waals surface area contributed by atoms with Crippen molar-refractivity contribution in [1.82, 2.24) is 14.9 Å². The summed E-state index contributed by atoms with van der Waals surface area (Å²) in [6.45, 7) is 3.75. The molecular weight excluding hydrogens is 328 g/mol. The summed E-state index contributed by atoms with van der Waals surface area (Å²) >= 11 is 6.02. The summed E-state index contributed by atoms with van der Waals surface area (Å²) in [5.41, 5.74) is 0.464. The van der Waals surface area contributed by atoms with Gasteiger partial charge < -0.3 is 15.0 Å². The van der Waals surface area contributed by atoms with Crippen LogP contribution in [0.1, 0.15) is 23.7 Å². The third-order valence-corrected chi connectivity index (χ3v) is 3.62. The third kappa shape index (κ3) is 5.09. The number of rotatable bonds is 8. The Balaban J connectivity index is 1.78. The summed E-state index contributed by atoms with van der Waals surface area (Å²) in [5, 5.41) is 3.57. The molecule has 0 saturated heterocycles. The fourth-order valence-electron chi connectivity index (χ4n) is 2.06. The number of carbonyl (C=O) groups is 1. The van der Waals surface area contributed by atoms with Gasteiger partial charge in [-0.1, -0.05) is 23.7 Å². The molecule has 0 saturated carbocycles. The molecule has 2 aromatic rings. The van der Waals surface area contributed by atoms with Crippen molar-refractivity contribution < 1.29 is 9.53 Å². The number of carbonyl (C=O) groups excluding carboxylic acids is 1. The number of halogens is 1. The van der Waals surface area contributed by atoms with E-state index in [9.17, 15) is 4.79 Å². The second kappa shape index (κ2) is 9.08. The van der Waals surface area contributed by atoms with E-state index in [1.807, 2.05) is 25.1 Å². The quantitative estimate of drug-likeness (QED) is 0.742. The molecule has 0 atom stereocenters. The van der Waals surface area contributed by atoms with E-state index in [4.69, 9.17) is 16.3 Å². The Morgan fingerprint density at radius 1 is 1.29 bits per heavy atom. The number of hydrogen-bond acceptors (Lipinski definition) is 5. The second-order valence-corrected chi connectivity index (χ2v) is 5.59. The van der Waals surface area contributed by atoms with Gasteiger partial charge >= 0.3 is 0 Å². The van der Waals surface area contributed by atoms with Gasteiger partial charge in [0.2, 0.25) is 5.95 Å². The van der Waals surface area contributed by atoms with Gasteiger partial charge in [-0.15, -0.1) is 0 Å². The van der Waals surface area contributed by atoms with Gasteiger partial charge in [0.15, 0.2) is 0 Å². The van der Waals surface area contributed by atoms with E-state index >= 15 is 0 Å². The molecule has 6 nitrogen and oxygen atoms in total. The van der Waals surface area contributed by atoms with Crippen LogP contribution >= 0.6 is 11.6 Å². The molecule has 7 heteroatoms. The smallest absolute Gasteiger partial charge is 0.256 e. The van der Waals surface area contributed by atoms with Crippen molar-refractivity contribution in [3.05, 3.63) is 47.2 Å². The highest BCUT2D eigenvalue weighted by Gasteiger charge is 2.12. The first-order chi connectivity index (χ1) is 11.6. The monoisotopic (exact) mass is 348 g/mol. The lowest BCUT2D eigenvalue weighted by Crippen LogP contribution is -2.29. The average molecular weight is 349 g/mol. The molecule has 24 heavy (non-hydrogen) atoms. The molecule has 0 aliphatic heterocycles. The molecule has 2 rings (SSSR count). The van der Waals surface area contributed by atoms with E-state index in [2.05, 4.69) is 15.3 Å². The number of ether oxygens (including phenoxy) is 1. The maximum Gasteiger partial charge on any atom is 0.256 e. The van der Waals surface area contributed by atoms with Crippen molar-refractivity contribution in [3.8, 4) is 5.75 Å². The Labute approximate surface area is 146 Å². The largest absolute Gasteiger partial charge is 0.492 e. The predicted octanol–water partition coefficient (Wildman–Crippen LogP) is 3.10. The van der Waals surface area contributed by atoms with Gasteiger partial charge in [0.05, 0.1) is 17.2 Å². The predicted molar refractivity (Wildman–Crippen MR) is 94.7 cm³/mol. The van der Waals surface area contributed by atoms with Crippen LogP contribution in [0.15, 0.2) is 36.7 Å². The summed E-state index contributed by atoms with van der Waals surface area (Å²) in [5.74, 6) is 1.06. The SMILES string of the molecule is CCNc1ncc(C(=O)N(C)CCCOc2ccccc2Cl)cn1. The Morgan fingerprint density at radius 3 is 2.67 bits per heavy atom. The van der Waals surface area contributed by atoms with E-state index < -0.39 is 0 Å². The molecule has 1 aromatic heterocycles.